The van der Waals surface area contributed by atoms with Gasteiger partial charge in [0.05, 0.1) is 13.1 Å². The Balaban J connectivity index is 1.54. The molecule has 2 aromatic heterocycles. The minimum Gasteiger partial charge on any atom is -0.419 e. The predicted molar refractivity (Wildman–Crippen MR) is 137 cm³/mol. The normalized spacial score (nSPS) is 10.9. The van der Waals surface area contributed by atoms with E-state index in [2.05, 4.69) is 15.2 Å². The molecule has 0 spiro atoms. The lowest BCUT2D eigenvalue weighted by molar-refractivity contribution is 0.496. The molecule has 36 heavy (non-hydrogen) atoms. The second kappa shape index (κ2) is 10.1. The predicted octanol–water partition coefficient (Wildman–Crippen LogP) is 3.42. The number of nitrogens with zero attached hydrogens (tertiary/aromatic N) is 4. The average molecular weight is 481 g/mol. The van der Waals surface area contributed by atoms with Crippen LogP contribution in [0.2, 0.25) is 0 Å². The summed E-state index contributed by atoms with van der Waals surface area (Å²) in [6.07, 6.45) is 0. The Morgan fingerprint density at radius 3 is 2.08 bits per heavy atom. The number of aromatic amines is 1. The lowest BCUT2D eigenvalue weighted by Crippen LogP contribution is -2.38. The van der Waals surface area contributed by atoms with E-state index in [1.54, 1.807) is 4.90 Å². The number of anilines is 2. The highest BCUT2D eigenvalue weighted by Gasteiger charge is 2.22. The maximum Gasteiger partial charge on any atom is 0.330 e. The van der Waals surface area contributed by atoms with Crippen molar-refractivity contribution in [3.63, 3.8) is 0 Å². The van der Waals surface area contributed by atoms with Crippen LogP contribution in [0.25, 0.3) is 11.5 Å². The fourth-order valence-corrected chi connectivity index (χ4v) is 4.00. The number of nitrogen functional groups attached to an aromatic ring is 1. The van der Waals surface area contributed by atoms with Gasteiger partial charge >= 0.3 is 5.69 Å². The van der Waals surface area contributed by atoms with Crippen molar-refractivity contribution in [2.75, 3.05) is 10.6 Å². The standard InChI is InChI=1S/C27H24N6O3/c28-24-23(25(34)29-27(35)33(24)17-20-12-6-2-7-13-20)32(16-19-10-4-1-5-11-19)18-22-30-31-26(36-22)21-14-8-3-9-15-21/h1-15H,16-18,28H2,(H,29,34,35). The van der Waals surface area contributed by atoms with Gasteiger partial charge in [-0.2, -0.15) is 0 Å². The van der Waals surface area contributed by atoms with Crippen LogP contribution in [0.5, 0.6) is 0 Å². The molecule has 0 radical (unpaired) electrons. The molecule has 3 aromatic carbocycles. The highest BCUT2D eigenvalue weighted by molar-refractivity contribution is 5.63. The Morgan fingerprint density at radius 1 is 0.806 bits per heavy atom. The molecule has 0 bridgehead atoms. The van der Waals surface area contributed by atoms with Crippen LogP contribution in [-0.4, -0.2) is 19.7 Å². The van der Waals surface area contributed by atoms with Crippen molar-refractivity contribution in [3.8, 4) is 11.5 Å². The van der Waals surface area contributed by atoms with Crippen molar-refractivity contribution in [1.29, 1.82) is 0 Å². The molecule has 9 nitrogen and oxygen atoms in total. The number of nitrogens with two attached hydrogens (primary N) is 1. The van der Waals surface area contributed by atoms with E-state index in [1.807, 2.05) is 91.0 Å². The molecule has 0 aliphatic rings. The number of rotatable bonds is 8. The Morgan fingerprint density at radius 2 is 1.42 bits per heavy atom. The average Bonchev–Trinajstić information content (AvgIpc) is 3.37. The fraction of sp³-hybridized carbons (Fsp3) is 0.111. The highest BCUT2D eigenvalue weighted by Crippen LogP contribution is 2.24. The quantitative estimate of drug-likeness (QED) is 0.349. The summed E-state index contributed by atoms with van der Waals surface area (Å²) in [6, 6.07) is 28.5. The highest BCUT2D eigenvalue weighted by atomic mass is 16.4. The molecule has 180 valence electrons. The summed E-state index contributed by atoms with van der Waals surface area (Å²) in [5.74, 6) is 0.747. The van der Waals surface area contributed by atoms with E-state index in [1.165, 1.54) is 4.57 Å². The zero-order valence-electron chi connectivity index (χ0n) is 19.4. The monoisotopic (exact) mass is 480 g/mol. The van der Waals surface area contributed by atoms with Crippen molar-refractivity contribution in [3.05, 3.63) is 129 Å². The molecule has 9 heteroatoms. The van der Waals surface area contributed by atoms with Crippen molar-refractivity contribution in [2.24, 2.45) is 0 Å². The number of hydrogen-bond acceptors (Lipinski definition) is 7. The van der Waals surface area contributed by atoms with Gasteiger partial charge in [-0.25, -0.2) is 4.79 Å². The molecule has 5 aromatic rings. The minimum absolute atomic E-state index is 0.0614. The molecule has 0 atom stereocenters. The van der Waals surface area contributed by atoms with Gasteiger partial charge in [0.25, 0.3) is 5.56 Å². The Kier molecular flexibility index (Phi) is 6.44. The zero-order chi connectivity index (χ0) is 24.9. The summed E-state index contributed by atoms with van der Waals surface area (Å²) in [5, 5.41) is 8.34. The molecule has 0 saturated heterocycles. The van der Waals surface area contributed by atoms with E-state index < -0.39 is 11.2 Å². The topological polar surface area (TPSA) is 123 Å². The van der Waals surface area contributed by atoms with Gasteiger partial charge in [-0.05, 0) is 23.3 Å². The Labute approximate surface area is 206 Å². The van der Waals surface area contributed by atoms with Gasteiger partial charge in [0, 0.05) is 12.1 Å². The molecule has 0 saturated carbocycles. The summed E-state index contributed by atoms with van der Waals surface area (Å²) in [7, 11) is 0. The lowest BCUT2D eigenvalue weighted by atomic mass is 10.2. The third kappa shape index (κ3) is 4.95. The van der Waals surface area contributed by atoms with Crippen LogP contribution < -0.4 is 21.9 Å². The Bertz CT molecular complexity index is 1560. The first-order valence-corrected chi connectivity index (χ1v) is 11.4. The number of H-pyrrole nitrogens is 1. The zero-order valence-corrected chi connectivity index (χ0v) is 19.4. The van der Waals surface area contributed by atoms with Crippen molar-refractivity contribution in [1.82, 2.24) is 19.7 Å². The van der Waals surface area contributed by atoms with Gasteiger partial charge in [-0.15, -0.1) is 10.2 Å². The number of benzene rings is 3. The van der Waals surface area contributed by atoms with Gasteiger partial charge < -0.3 is 15.1 Å². The van der Waals surface area contributed by atoms with Crippen LogP contribution in [0.4, 0.5) is 11.5 Å². The molecule has 0 unspecified atom stereocenters. The summed E-state index contributed by atoms with van der Waals surface area (Å²) in [6.45, 7) is 0.666. The summed E-state index contributed by atoms with van der Waals surface area (Å²) < 4.78 is 7.26. The third-order valence-electron chi connectivity index (χ3n) is 5.74. The third-order valence-corrected chi connectivity index (χ3v) is 5.74. The molecule has 2 heterocycles. The first-order valence-electron chi connectivity index (χ1n) is 11.4. The van der Waals surface area contributed by atoms with Crippen LogP contribution in [0.3, 0.4) is 0 Å². The van der Waals surface area contributed by atoms with Gasteiger partial charge in [-0.1, -0.05) is 78.9 Å². The Hall–Kier alpha value is -4.92. The van der Waals surface area contributed by atoms with Crippen LogP contribution >= 0.6 is 0 Å². The van der Waals surface area contributed by atoms with E-state index in [9.17, 15) is 9.59 Å². The lowest BCUT2D eigenvalue weighted by Gasteiger charge is -2.25. The molecular formula is C27H24N6O3. The summed E-state index contributed by atoms with van der Waals surface area (Å²) in [5.41, 5.74) is 8.09. The SMILES string of the molecule is Nc1c(N(Cc2ccccc2)Cc2nnc(-c3ccccc3)o2)c(=O)[nH]c(=O)n1Cc1ccccc1. The largest absolute Gasteiger partial charge is 0.419 e. The first-order chi connectivity index (χ1) is 17.6. The first kappa shape index (κ1) is 22.9. The second-order valence-corrected chi connectivity index (χ2v) is 8.27. The summed E-state index contributed by atoms with van der Waals surface area (Å²) >= 11 is 0. The number of hydrogen-bond donors (Lipinski definition) is 2. The van der Waals surface area contributed by atoms with Gasteiger partial charge in [0.15, 0.2) is 0 Å². The number of nitrogens with one attached hydrogen (secondary N) is 1. The van der Waals surface area contributed by atoms with E-state index in [-0.39, 0.29) is 24.6 Å². The maximum absolute atomic E-state index is 13.1. The van der Waals surface area contributed by atoms with Gasteiger partial charge in [0.1, 0.15) is 11.5 Å². The molecule has 0 fully saturated rings. The van der Waals surface area contributed by atoms with E-state index in [4.69, 9.17) is 10.2 Å². The summed E-state index contributed by atoms with van der Waals surface area (Å²) in [4.78, 5) is 29.9. The van der Waals surface area contributed by atoms with Crippen molar-refractivity contribution >= 4 is 11.5 Å². The van der Waals surface area contributed by atoms with Gasteiger partial charge in [0.2, 0.25) is 11.8 Å². The van der Waals surface area contributed by atoms with Gasteiger partial charge in [-0.3, -0.25) is 14.3 Å². The second-order valence-electron chi connectivity index (χ2n) is 8.27. The smallest absolute Gasteiger partial charge is 0.330 e. The molecular weight excluding hydrogens is 456 g/mol. The molecule has 0 aliphatic carbocycles. The van der Waals surface area contributed by atoms with Crippen LogP contribution in [0.1, 0.15) is 17.0 Å². The van der Waals surface area contributed by atoms with Crippen molar-refractivity contribution < 1.29 is 4.42 Å². The van der Waals surface area contributed by atoms with Crippen LogP contribution in [0, 0.1) is 0 Å². The molecule has 0 aliphatic heterocycles. The number of aromatic nitrogens is 4. The fourth-order valence-electron chi connectivity index (χ4n) is 4.00. The van der Waals surface area contributed by atoms with Crippen molar-refractivity contribution in [2.45, 2.75) is 19.6 Å². The maximum atomic E-state index is 13.1. The molecule has 3 N–H and O–H groups in total. The van der Waals surface area contributed by atoms with E-state index in [0.29, 0.717) is 18.3 Å². The minimum atomic E-state index is -0.583. The van der Waals surface area contributed by atoms with Crippen LogP contribution in [-0.2, 0) is 19.6 Å². The van der Waals surface area contributed by atoms with E-state index in [0.717, 1.165) is 16.7 Å². The molecule has 0 amide bonds. The van der Waals surface area contributed by atoms with Crippen LogP contribution in [0.15, 0.2) is 105 Å². The van der Waals surface area contributed by atoms with E-state index >= 15 is 0 Å². The molecule has 5 rings (SSSR count).